The third-order valence-corrected chi connectivity index (χ3v) is 6.89. The molecule has 0 bridgehead atoms. The molecule has 0 N–H and O–H groups in total. The van der Waals surface area contributed by atoms with Crippen molar-refractivity contribution >= 4 is 16.0 Å². The maximum absolute atomic E-state index is 13.0. The smallest absolute Gasteiger partial charge is 0.315 e. The van der Waals surface area contributed by atoms with Gasteiger partial charge in [-0.05, 0) is 12.1 Å². The lowest BCUT2D eigenvalue weighted by molar-refractivity contribution is -0.153. The standard InChI is InChI=1S/C16H19NO7S/c1-21-15(18)16-9-17(7-11(16)8-22-10-16)25(19,20)12-2-3-13-14(6-12)24-5-4-23-13/h2-3,6,11H,4-5,7-10H2,1H3/t11-,16-/m0/s1. The van der Waals surface area contributed by atoms with E-state index in [-0.39, 0.29) is 30.5 Å². The number of hydrogen-bond acceptors (Lipinski definition) is 7. The zero-order valence-corrected chi connectivity index (χ0v) is 14.6. The van der Waals surface area contributed by atoms with Gasteiger partial charge in [-0.3, -0.25) is 4.79 Å². The number of methoxy groups -OCH3 is 1. The Balaban J connectivity index is 1.65. The summed E-state index contributed by atoms with van der Waals surface area (Å²) in [6.07, 6.45) is 0. The average molecular weight is 369 g/mol. The Morgan fingerprint density at radius 1 is 1.28 bits per heavy atom. The third kappa shape index (κ3) is 2.49. The molecule has 0 saturated carbocycles. The molecule has 2 fully saturated rings. The van der Waals surface area contributed by atoms with Crippen molar-refractivity contribution in [3.63, 3.8) is 0 Å². The number of fused-ring (bicyclic) bond motifs is 2. The second-order valence-electron chi connectivity index (χ2n) is 6.46. The first kappa shape index (κ1) is 16.6. The molecule has 4 rings (SSSR count). The number of benzene rings is 1. The predicted molar refractivity (Wildman–Crippen MR) is 84.9 cm³/mol. The molecular weight excluding hydrogens is 350 g/mol. The SMILES string of the molecule is COC(=O)[C@@]12COC[C@@H]1CN(S(=O)(=O)c1ccc3c(c1)OCCO3)C2. The fraction of sp³-hybridized carbons (Fsp3) is 0.562. The molecule has 3 aliphatic rings. The van der Waals surface area contributed by atoms with Gasteiger partial charge < -0.3 is 18.9 Å². The van der Waals surface area contributed by atoms with Crippen molar-refractivity contribution in [2.45, 2.75) is 4.90 Å². The highest BCUT2D eigenvalue weighted by Gasteiger charge is 2.59. The molecule has 3 aliphatic heterocycles. The highest BCUT2D eigenvalue weighted by molar-refractivity contribution is 7.89. The molecule has 9 heteroatoms. The van der Waals surface area contributed by atoms with Gasteiger partial charge in [0.25, 0.3) is 0 Å². The number of rotatable bonds is 3. The molecule has 0 radical (unpaired) electrons. The summed E-state index contributed by atoms with van der Waals surface area (Å²) in [5.74, 6) is 0.322. The van der Waals surface area contributed by atoms with Crippen LogP contribution in [0.15, 0.2) is 23.1 Å². The molecule has 0 spiro atoms. The molecule has 0 unspecified atom stereocenters. The predicted octanol–water partition coefficient (Wildman–Crippen LogP) is 0.268. The topological polar surface area (TPSA) is 91.4 Å². The maximum atomic E-state index is 13.0. The Morgan fingerprint density at radius 3 is 2.80 bits per heavy atom. The molecule has 0 aromatic heterocycles. The van der Waals surface area contributed by atoms with E-state index >= 15 is 0 Å². The second-order valence-corrected chi connectivity index (χ2v) is 8.40. The van der Waals surface area contributed by atoms with Gasteiger partial charge in [0.05, 0.1) is 25.2 Å². The van der Waals surface area contributed by atoms with Gasteiger partial charge in [-0.25, -0.2) is 8.42 Å². The Kier molecular flexibility index (Phi) is 3.89. The fourth-order valence-electron chi connectivity index (χ4n) is 3.70. The summed E-state index contributed by atoms with van der Waals surface area (Å²) in [6.45, 7) is 1.63. The largest absolute Gasteiger partial charge is 0.486 e. The van der Waals surface area contributed by atoms with Crippen LogP contribution in [0.1, 0.15) is 0 Å². The normalized spacial score (nSPS) is 28.6. The van der Waals surface area contributed by atoms with Crippen LogP contribution in [0.5, 0.6) is 11.5 Å². The zero-order chi connectivity index (χ0) is 17.7. The Morgan fingerprint density at radius 2 is 2.04 bits per heavy atom. The van der Waals surface area contributed by atoms with Gasteiger partial charge in [0.1, 0.15) is 18.6 Å². The third-order valence-electron chi connectivity index (χ3n) is 5.09. The van der Waals surface area contributed by atoms with E-state index in [1.165, 1.54) is 23.5 Å². The van der Waals surface area contributed by atoms with Crippen LogP contribution in [0, 0.1) is 11.3 Å². The number of ether oxygens (including phenoxy) is 4. The summed E-state index contributed by atoms with van der Waals surface area (Å²) in [6, 6.07) is 4.56. The molecule has 136 valence electrons. The first-order chi connectivity index (χ1) is 12.0. The van der Waals surface area contributed by atoms with E-state index in [1.54, 1.807) is 6.07 Å². The van der Waals surface area contributed by atoms with Crippen molar-refractivity contribution in [2.24, 2.45) is 11.3 Å². The second kappa shape index (κ2) is 5.86. The number of carbonyl (C=O) groups excluding carboxylic acids is 1. The molecule has 3 heterocycles. The molecule has 8 nitrogen and oxygen atoms in total. The molecule has 2 atom stereocenters. The summed E-state index contributed by atoms with van der Waals surface area (Å²) in [7, 11) is -2.45. The Hall–Kier alpha value is -1.84. The van der Waals surface area contributed by atoms with Gasteiger partial charge in [-0.15, -0.1) is 0 Å². The van der Waals surface area contributed by atoms with Crippen LogP contribution < -0.4 is 9.47 Å². The highest BCUT2D eigenvalue weighted by atomic mass is 32.2. The van der Waals surface area contributed by atoms with Crippen LogP contribution in [0.25, 0.3) is 0 Å². The van der Waals surface area contributed by atoms with Crippen LogP contribution in [-0.4, -0.2) is 65.3 Å². The van der Waals surface area contributed by atoms with E-state index in [9.17, 15) is 13.2 Å². The fourth-order valence-corrected chi connectivity index (χ4v) is 5.27. The van der Waals surface area contributed by atoms with Gasteiger partial charge in [-0.1, -0.05) is 0 Å². The number of sulfonamides is 1. The Bertz CT molecular complexity index is 809. The summed E-state index contributed by atoms with van der Waals surface area (Å²) in [5.41, 5.74) is -0.921. The summed E-state index contributed by atoms with van der Waals surface area (Å²) in [5, 5.41) is 0. The van der Waals surface area contributed by atoms with E-state index in [0.29, 0.717) is 31.3 Å². The van der Waals surface area contributed by atoms with Gasteiger partial charge >= 0.3 is 5.97 Å². The maximum Gasteiger partial charge on any atom is 0.315 e. The number of carbonyl (C=O) groups is 1. The van der Waals surface area contributed by atoms with Crippen molar-refractivity contribution < 1.29 is 32.2 Å². The van der Waals surface area contributed by atoms with E-state index in [0.717, 1.165) is 0 Å². The molecular formula is C16H19NO7S. The minimum Gasteiger partial charge on any atom is -0.486 e. The van der Waals surface area contributed by atoms with Gasteiger partial charge in [0.2, 0.25) is 10.0 Å². The van der Waals surface area contributed by atoms with Crippen molar-refractivity contribution in [2.75, 3.05) is 46.6 Å². The summed E-state index contributed by atoms with van der Waals surface area (Å²) >= 11 is 0. The summed E-state index contributed by atoms with van der Waals surface area (Å²) < 4.78 is 48.6. The number of nitrogens with zero attached hydrogens (tertiary/aromatic N) is 1. The van der Waals surface area contributed by atoms with Crippen LogP contribution in [0.3, 0.4) is 0 Å². The summed E-state index contributed by atoms with van der Waals surface area (Å²) in [4.78, 5) is 12.4. The lowest BCUT2D eigenvalue weighted by atomic mass is 9.81. The van der Waals surface area contributed by atoms with Crippen LogP contribution in [-0.2, 0) is 24.3 Å². The molecule has 0 aliphatic carbocycles. The lowest BCUT2D eigenvalue weighted by Crippen LogP contribution is -2.41. The van der Waals surface area contributed by atoms with Crippen molar-refractivity contribution in [3.8, 4) is 11.5 Å². The quantitative estimate of drug-likeness (QED) is 0.706. The van der Waals surface area contributed by atoms with Gasteiger partial charge in [0, 0.05) is 25.1 Å². The van der Waals surface area contributed by atoms with Gasteiger partial charge in [0.15, 0.2) is 11.5 Å². The monoisotopic (exact) mass is 369 g/mol. The first-order valence-electron chi connectivity index (χ1n) is 8.03. The van der Waals surface area contributed by atoms with E-state index in [2.05, 4.69) is 0 Å². The first-order valence-corrected chi connectivity index (χ1v) is 9.47. The minimum absolute atomic E-state index is 0.0567. The van der Waals surface area contributed by atoms with Crippen LogP contribution in [0.2, 0.25) is 0 Å². The number of hydrogen-bond donors (Lipinski definition) is 0. The van der Waals surface area contributed by atoms with Crippen molar-refractivity contribution in [1.82, 2.24) is 4.31 Å². The average Bonchev–Trinajstić information content (AvgIpc) is 3.19. The zero-order valence-electron chi connectivity index (χ0n) is 13.8. The van der Waals surface area contributed by atoms with Crippen LogP contribution >= 0.6 is 0 Å². The molecule has 1 aromatic rings. The number of esters is 1. The van der Waals surface area contributed by atoms with E-state index in [1.807, 2.05) is 0 Å². The van der Waals surface area contributed by atoms with E-state index < -0.39 is 21.4 Å². The minimum atomic E-state index is -3.76. The molecule has 1 aromatic carbocycles. The highest BCUT2D eigenvalue weighted by Crippen LogP contribution is 2.44. The van der Waals surface area contributed by atoms with E-state index in [4.69, 9.17) is 18.9 Å². The van der Waals surface area contributed by atoms with Crippen LogP contribution in [0.4, 0.5) is 0 Å². The van der Waals surface area contributed by atoms with Crippen molar-refractivity contribution in [3.05, 3.63) is 18.2 Å². The lowest BCUT2D eigenvalue weighted by Gasteiger charge is -2.24. The van der Waals surface area contributed by atoms with Crippen molar-refractivity contribution in [1.29, 1.82) is 0 Å². The van der Waals surface area contributed by atoms with Gasteiger partial charge in [-0.2, -0.15) is 4.31 Å². The Labute approximate surface area is 145 Å². The molecule has 0 amide bonds. The molecule has 25 heavy (non-hydrogen) atoms. The molecule has 2 saturated heterocycles.